The third-order valence-electron chi connectivity index (χ3n) is 2.94. The maximum Gasteiger partial charge on any atom is 0.165 e. The first-order chi connectivity index (χ1) is 8.70. The molecule has 96 valence electrons. The predicted molar refractivity (Wildman–Crippen MR) is 69.0 cm³/mol. The second kappa shape index (κ2) is 5.69. The Bertz CT molecular complexity index is 497. The molecule has 2 rings (SSSR count). The van der Waals surface area contributed by atoms with Gasteiger partial charge in [0, 0.05) is 24.5 Å². The van der Waals surface area contributed by atoms with Crippen molar-refractivity contribution in [2.45, 2.75) is 19.5 Å². The van der Waals surface area contributed by atoms with Crippen LogP contribution in [0.4, 0.5) is 4.39 Å². The molecule has 0 aliphatic carbocycles. The van der Waals surface area contributed by atoms with Crippen molar-refractivity contribution in [3.05, 3.63) is 53.6 Å². The highest BCUT2D eigenvalue weighted by Crippen LogP contribution is 2.21. The molecule has 0 aliphatic rings. The number of nitrogens with one attached hydrogen (secondary N) is 2. The standard InChI is InChI=1S/C14H17FN2O/c1-10(17-9-12-4-3-7-16-12)11-5-6-14(18-2)13(15)8-11/h3-8,10,16-17H,9H2,1-2H3. The van der Waals surface area contributed by atoms with Gasteiger partial charge in [0.15, 0.2) is 11.6 Å². The zero-order valence-corrected chi connectivity index (χ0v) is 10.5. The van der Waals surface area contributed by atoms with Crippen LogP contribution >= 0.6 is 0 Å². The SMILES string of the molecule is COc1ccc(C(C)NCc2ccc[nH]2)cc1F. The van der Waals surface area contributed by atoms with Gasteiger partial charge in [0.1, 0.15) is 0 Å². The van der Waals surface area contributed by atoms with E-state index in [-0.39, 0.29) is 17.6 Å². The van der Waals surface area contributed by atoms with Crippen molar-refractivity contribution in [3.8, 4) is 5.75 Å². The third kappa shape index (κ3) is 2.90. The fourth-order valence-corrected chi connectivity index (χ4v) is 1.81. The van der Waals surface area contributed by atoms with E-state index in [2.05, 4.69) is 10.3 Å². The zero-order valence-electron chi connectivity index (χ0n) is 10.5. The number of benzene rings is 1. The van der Waals surface area contributed by atoms with Crippen LogP contribution in [0.15, 0.2) is 36.5 Å². The van der Waals surface area contributed by atoms with Crippen LogP contribution in [0.2, 0.25) is 0 Å². The number of rotatable bonds is 5. The zero-order chi connectivity index (χ0) is 13.0. The van der Waals surface area contributed by atoms with Crippen LogP contribution in [-0.2, 0) is 6.54 Å². The number of methoxy groups -OCH3 is 1. The Morgan fingerprint density at radius 1 is 1.39 bits per heavy atom. The van der Waals surface area contributed by atoms with E-state index >= 15 is 0 Å². The summed E-state index contributed by atoms with van der Waals surface area (Å²) in [7, 11) is 1.46. The highest BCUT2D eigenvalue weighted by Gasteiger charge is 2.09. The smallest absolute Gasteiger partial charge is 0.165 e. The van der Waals surface area contributed by atoms with Gasteiger partial charge in [0.25, 0.3) is 0 Å². The van der Waals surface area contributed by atoms with Gasteiger partial charge in [0.2, 0.25) is 0 Å². The van der Waals surface area contributed by atoms with Crippen LogP contribution in [-0.4, -0.2) is 12.1 Å². The lowest BCUT2D eigenvalue weighted by Gasteiger charge is -2.14. The minimum atomic E-state index is -0.330. The van der Waals surface area contributed by atoms with Crippen LogP contribution in [0, 0.1) is 5.82 Å². The van der Waals surface area contributed by atoms with Crippen molar-refractivity contribution in [2.24, 2.45) is 0 Å². The maximum absolute atomic E-state index is 13.6. The largest absolute Gasteiger partial charge is 0.494 e. The fourth-order valence-electron chi connectivity index (χ4n) is 1.81. The minimum Gasteiger partial charge on any atom is -0.494 e. The molecule has 3 nitrogen and oxygen atoms in total. The molecule has 4 heteroatoms. The lowest BCUT2D eigenvalue weighted by atomic mass is 10.1. The van der Waals surface area contributed by atoms with Crippen LogP contribution in [0.5, 0.6) is 5.75 Å². The van der Waals surface area contributed by atoms with Crippen LogP contribution < -0.4 is 10.1 Å². The van der Waals surface area contributed by atoms with Gasteiger partial charge in [-0.15, -0.1) is 0 Å². The number of halogens is 1. The van der Waals surface area contributed by atoms with Gasteiger partial charge in [-0.1, -0.05) is 6.07 Å². The summed E-state index contributed by atoms with van der Waals surface area (Å²) in [5.74, 6) is -0.0566. The highest BCUT2D eigenvalue weighted by atomic mass is 19.1. The first-order valence-corrected chi connectivity index (χ1v) is 5.90. The summed E-state index contributed by atoms with van der Waals surface area (Å²) < 4.78 is 18.5. The summed E-state index contributed by atoms with van der Waals surface area (Å²) >= 11 is 0. The molecule has 1 atom stereocenters. The second-order valence-electron chi connectivity index (χ2n) is 4.19. The molecule has 0 saturated heterocycles. The molecule has 1 heterocycles. The fraction of sp³-hybridized carbons (Fsp3) is 0.286. The molecule has 2 N–H and O–H groups in total. The first kappa shape index (κ1) is 12.6. The summed E-state index contributed by atoms with van der Waals surface area (Å²) in [5.41, 5.74) is 2.01. The Balaban J connectivity index is 2.00. The summed E-state index contributed by atoms with van der Waals surface area (Å²) in [6, 6.07) is 9.06. The third-order valence-corrected chi connectivity index (χ3v) is 2.94. The highest BCUT2D eigenvalue weighted by molar-refractivity contribution is 5.30. The van der Waals surface area contributed by atoms with Gasteiger partial charge >= 0.3 is 0 Å². The molecule has 0 aliphatic heterocycles. The number of aromatic amines is 1. The van der Waals surface area contributed by atoms with E-state index < -0.39 is 0 Å². The molecule has 1 aromatic carbocycles. The number of H-pyrrole nitrogens is 1. The van der Waals surface area contributed by atoms with Gasteiger partial charge in [-0.25, -0.2) is 4.39 Å². The average Bonchev–Trinajstić information content (AvgIpc) is 2.89. The maximum atomic E-state index is 13.6. The lowest BCUT2D eigenvalue weighted by Crippen LogP contribution is -2.18. The topological polar surface area (TPSA) is 37.0 Å². The normalized spacial score (nSPS) is 12.4. The van der Waals surface area contributed by atoms with Crippen molar-refractivity contribution < 1.29 is 9.13 Å². The van der Waals surface area contributed by atoms with Gasteiger partial charge in [-0.2, -0.15) is 0 Å². The van der Waals surface area contributed by atoms with Crippen molar-refractivity contribution in [1.29, 1.82) is 0 Å². The van der Waals surface area contributed by atoms with E-state index in [9.17, 15) is 4.39 Å². The molecule has 0 bridgehead atoms. The summed E-state index contributed by atoms with van der Waals surface area (Å²) in [4.78, 5) is 3.12. The molecule has 0 fully saturated rings. The van der Waals surface area contributed by atoms with Crippen molar-refractivity contribution in [1.82, 2.24) is 10.3 Å². The van der Waals surface area contributed by atoms with E-state index in [0.717, 1.165) is 17.8 Å². The van der Waals surface area contributed by atoms with Gasteiger partial charge < -0.3 is 15.0 Å². The molecule has 0 spiro atoms. The van der Waals surface area contributed by atoms with Gasteiger partial charge in [-0.3, -0.25) is 0 Å². The van der Waals surface area contributed by atoms with Gasteiger partial charge in [-0.05, 0) is 36.8 Å². The lowest BCUT2D eigenvalue weighted by molar-refractivity contribution is 0.385. The molecule has 1 unspecified atom stereocenters. The number of hydrogen-bond donors (Lipinski definition) is 2. The van der Waals surface area contributed by atoms with Crippen molar-refractivity contribution in [2.75, 3.05) is 7.11 Å². The first-order valence-electron chi connectivity index (χ1n) is 5.90. The van der Waals surface area contributed by atoms with E-state index in [1.165, 1.54) is 13.2 Å². The summed E-state index contributed by atoms with van der Waals surface area (Å²) in [5, 5.41) is 3.33. The second-order valence-corrected chi connectivity index (χ2v) is 4.19. The molecule has 18 heavy (non-hydrogen) atoms. The van der Waals surface area contributed by atoms with Crippen molar-refractivity contribution in [3.63, 3.8) is 0 Å². The quantitative estimate of drug-likeness (QED) is 0.853. The summed E-state index contributed by atoms with van der Waals surface area (Å²) in [6.45, 7) is 2.73. The number of aromatic nitrogens is 1. The Labute approximate surface area is 106 Å². The molecular weight excluding hydrogens is 231 g/mol. The van der Waals surface area contributed by atoms with E-state index in [1.54, 1.807) is 6.07 Å². The number of hydrogen-bond acceptors (Lipinski definition) is 2. The van der Waals surface area contributed by atoms with E-state index in [0.29, 0.717) is 0 Å². The predicted octanol–water partition coefficient (Wildman–Crippen LogP) is 3.01. The van der Waals surface area contributed by atoms with E-state index in [4.69, 9.17) is 4.74 Å². The average molecular weight is 248 g/mol. The van der Waals surface area contributed by atoms with Crippen LogP contribution in [0.25, 0.3) is 0 Å². The Morgan fingerprint density at radius 2 is 2.22 bits per heavy atom. The monoisotopic (exact) mass is 248 g/mol. The molecular formula is C14H17FN2O. The van der Waals surface area contributed by atoms with E-state index in [1.807, 2.05) is 31.3 Å². The van der Waals surface area contributed by atoms with Crippen molar-refractivity contribution >= 4 is 0 Å². The van der Waals surface area contributed by atoms with Gasteiger partial charge in [0.05, 0.1) is 7.11 Å². The molecule has 0 amide bonds. The Morgan fingerprint density at radius 3 is 2.83 bits per heavy atom. The molecule has 1 aromatic heterocycles. The Kier molecular flexibility index (Phi) is 3.99. The minimum absolute atomic E-state index is 0.0775. The Hall–Kier alpha value is -1.81. The molecule has 2 aromatic rings. The van der Waals surface area contributed by atoms with Crippen LogP contribution in [0.1, 0.15) is 24.2 Å². The molecule has 0 saturated carbocycles. The van der Waals surface area contributed by atoms with Crippen LogP contribution in [0.3, 0.4) is 0 Å². The molecule has 0 radical (unpaired) electrons. The number of ether oxygens (including phenoxy) is 1. The summed E-state index contributed by atoms with van der Waals surface area (Å²) in [6.07, 6.45) is 1.88.